The van der Waals surface area contributed by atoms with Crippen LogP contribution in [0.1, 0.15) is 49.3 Å². The highest BCUT2D eigenvalue weighted by Crippen LogP contribution is 2.41. The zero-order valence-corrected chi connectivity index (χ0v) is 14.2. The molecule has 1 aromatic heterocycles. The Hall–Kier alpha value is -2.79. The number of nitriles is 1. The van der Waals surface area contributed by atoms with Crippen molar-refractivity contribution in [1.29, 1.82) is 5.26 Å². The summed E-state index contributed by atoms with van der Waals surface area (Å²) in [4.78, 5) is 0. The Morgan fingerprint density at radius 2 is 1.56 bits per heavy atom. The van der Waals surface area contributed by atoms with E-state index in [9.17, 15) is 0 Å². The smallest absolute Gasteiger partial charge is 0.142 e. The van der Waals surface area contributed by atoms with Crippen LogP contribution in [0.15, 0.2) is 65.1 Å². The molecule has 1 fully saturated rings. The number of rotatable bonds is 3. The van der Waals surface area contributed by atoms with Crippen molar-refractivity contribution in [2.45, 2.75) is 38.0 Å². The average Bonchev–Trinajstić information content (AvgIpc) is 3.15. The molecule has 0 bridgehead atoms. The predicted molar refractivity (Wildman–Crippen MR) is 100 cm³/mol. The van der Waals surface area contributed by atoms with Crippen LogP contribution in [0.5, 0.6) is 0 Å². The van der Waals surface area contributed by atoms with Crippen molar-refractivity contribution < 1.29 is 4.42 Å². The van der Waals surface area contributed by atoms with Crippen molar-refractivity contribution in [2.75, 3.05) is 0 Å². The van der Waals surface area contributed by atoms with Crippen molar-refractivity contribution in [2.24, 2.45) is 0 Å². The minimum atomic E-state index is 0.531. The van der Waals surface area contributed by atoms with Crippen LogP contribution in [0, 0.1) is 11.3 Å². The second-order valence-electron chi connectivity index (χ2n) is 6.78. The van der Waals surface area contributed by atoms with E-state index >= 15 is 0 Å². The summed E-state index contributed by atoms with van der Waals surface area (Å²) in [7, 11) is 0. The van der Waals surface area contributed by atoms with Gasteiger partial charge in [-0.25, -0.2) is 0 Å². The Balaban J connectivity index is 1.80. The van der Waals surface area contributed by atoms with E-state index in [1.165, 1.54) is 32.1 Å². The van der Waals surface area contributed by atoms with Gasteiger partial charge in [0.25, 0.3) is 0 Å². The molecule has 0 radical (unpaired) electrons. The van der Waals surface area contributed by atoms with Crippen LogP contribution >= 0.6 is 0 Å². The first kappa shape index (κ1) is 15.7. The maximum atomic E-state index is 9.04. The lowest BCUT2D eigenvalue weighted by Gasteiger charge is -2.19. The molecule has 0 atom stereocenters. The summed E-state index contributed by atoms with van der Waals surface area (Å²) in [5, 5.41) is 9.04. The molecule has 0 N–H and O–H groups in total. The molecule has 1 aliphatic rings. The molecule has 1 aliphatic carbocycles. The van der Waals surface area contributed by atoms with E-state index in [1.807, 2.05) is 42.5 Å². The van der Waals surface area contributed by atoms with Crippen LogP contribution in [0.4, 0.5) is 0 Å². The summed E-state index contributed by atoms with van der Waals surface area (Å²) in [6, 6.07) is 22.5. The topological polar surface area (TPSA) is 36.9 Å². The van der Waals surface area contributed by atoms with E-state index in [2.05, 4.69) is 24.3 Å². The molecule has 1 saturated carbocycles. The van der Waals surface area contributed by atoms with E-state index in [0.717, 1.165) is 28.2 Å². The first-order valence-electron chi connectivity index (χ1n) is 9.05. The van der Waals surface area contributed by atoms with E-state index in [-0.39, 0.29) is 0 Å². The number of furan rings is 1. The van der Waals surface area contributed by atoms with Gasteiger partial charge in [0, 0.05) is 17.0 Å². The molecular weight excluding hydrogens is 306 g/mol. The first-order chi connectivity index (χ1) is 12.3. The summed E-state index contributed by atoms with van der Waals surface area (Å²) >= 11 is 0. The SMILES string of the molecule is N#Cc1ccc(-c2cc(C3CCCCC3)oc2-c2ccccc2)cc1. The van der Waals surface area contributed by atoms with Crippen LogP contribution in [-0.4, -0.2) is 0 Å². The molecule has 0 unspecified atom stereocenters. The third kappa shape index (κ3) is 3.23. The highest BCUT2D eigenvalue weighted by Gasteiger charge is 2.22. The van der Waals surface area contributed by atoms with Gasteiger partial charge in [-0.15, -0.1) is 0 Å². The number of nitrogens with zero attached hydrogens (tertiary/aromatic N) is 1. The molecule has 0 saturated heterocycles. The summed E-state index contributed by atoms with van der Waals surface area (Å²) in [6.07, 6.45) is 6.35. The van der Waals surface area contributed by atoms with Crippen molar-refractivity contribution in [3.63, 3.8) is 0 Å². The molecule has 0 spiro atoms. The van der Waals surface area contributed by atoms with Gasteiger partial charge < -0.3 is 4.42 Å². The molecule has 25 heavy (non-hydrogen) atoms. The van der Waals surface area contributed by atoms with Crippen molar-refractivity contribution >= 4 is 0 Å². The lowest BCUT2D eigenvalue weighted by atomic mass is 9.87. The number of hydrogen-bond acceptors (Lipinski definition) is 2. The van der Waals surface area contributed by atoms with Gasteiger partial charge in [0.2, 0.25) is 0 Å². The summed E-state index contributed by atoms with van der Waals surface area (Å²) < 4.78 is 6.39. The fourth-order valence-corrected chi connectivity index (χ4v) is 3.74. The van der Waals surface area contributed by atoms with Crippen molar-refractivity contribution in [3.8, 4) is 28.5 Å². The van der Waals surface area contributed by atoms with Gasteiger partial charge in [-0.05, 0) is 36.6 Å². The Bertz CT molecular complexity index is 878. The molecule has 3 aromatic rings. The predicted octanol–water partition coefficient (Wildman–Crippen LogP) is 6.53. The van der Waals surface area contributed by atoms with E-state index in [1.54, 1.807) is 0 Å². The molecule has 4 rings (SSSR count). The van der Waals surface area contributed by atoms with E-state index < -0.39 is 0 Å². The molecule has 2 aromatic carbocycles. The third-order valence-corrected chi connectivity index (χ3v) is 5.12. The second-order valence-corrected chi connectivity index (χ2v) is 6.78. The summed E-state index contributed by atoms with van der Waals surface area (Å²) in [5.41, 5.74) is 4.00. The normalized spacial score (nSPS) is 15.0. The van der Waals surface area contributed by atoms with Crippen molar-refractivity contribution in [3.05, 3.63) is 72.0 Å². The lowest BCUT2D eigenvalue weighted by Crippen LogP contribution is -2.02. The Labute approximate surface area is 148 Å². The van der Waals surface area contributed by atoms with E-state index in [0.29, 0.717) is 11.5 Å². The minimum absolute atomic E-state index is 0.531. The fourth-order valence-electron chi connectivity index (χ4n) is 3.74. The molecule has 0 aliphatic heterocycles. The average molecular weight is 327 g/mol. The highest BCUT2D eigenvalue weighted by molar-refractivity contribution is 5.80. The number of benzene rings is 2. The molecule has 2 heteroatoms. The first-order valence-corrected chi connectivity index (χ1v) is 9.05. The van der Waals surface area contributed by atoms with Gasteiger partial charge in [0.15, 0.2) is 0 Å². The van der Waals surface area contributed by atoms with E-state index in [4.69, 9.17) is 9.68 Å². The maximum absolute atomic E-state index is 9.04. The Morgan fingerprint density at radius 1 is 0.840 bits per heavy atom. The van der Waals surface area contributed by atoms with Gasteiger partial charge in [0.1, 0.15) is 11.5 Å². The quantitative estimate of drug-likeness (QED) is 0.548. The van der Waals surface area contributed by atoms with Crippen LogP contribution in [-0.2, 0) is 0 Å². The highest BCUT2D eigenvalue weighted by atomic mass is 16.3. The molecule has 2 nitrogen and oxygen atoms in total. The summed E-state index contributed by atoms with van der Waals surface area (Å²) in [5.74, 6) is 2.58. The van der Waals surface area contributed by atoms with Crippen molar-refractivity contribution in [1.82, 2.24) is 0 Å². The molecule has 1 heterocycles. The van der Waals surface area contributed by atoms with Gasteiger partial charge in [-0.3, -0.25) is 0 Å². The monoisotopic (exact) mass is 327 g/mol. The van der Waals surface area contributed by atoms with Crippen LogP contribution in [0.3, 0.4) is 0 Å². The molecule has 0 amide bonds. The van der Waals surface area contributed by atoms with Gasteiger partial charge in [0.05, 0.1) is 11.6 Å². The third-order valence-electron chi connectivity index (χ3n) is 5.12. The lowest BCUT2D eigenvalue weighted by molar-refractivity contribution is 0.378. The summed E-state index contributed by atoms with van der Waals surface area (Å²) in [6.45, 7) is 0. The maximum Gasteiger partial charge on any atom is 0.142 e. The zero-order valence-electron chi connectivity index (χ0n) is 14.2. The van der Waals surface area contributed by atoms with Crippen LogP contribution < -0.4 is 0 Å². The zero-order chi connectivity index (χ0) is 17.1. The van der Waals surface area contributed by atoms with Gasteiger partial charge in [-0.1, -0.05) is 61.7 Å². The molecular formula is C23H21NO. The minimum Gasteiger partial charge on any atom is -0.460 e. The Kier molecular flexibility index (Phi) is 4.39. The van der Waals surface area contributed by atoms with Gasteiger partial charge >= 0.3 is 0 Å². The standard InChI is InChI=1S/C23H21NO/c24-16-17-11-13-18(14-12-17)21-15-22(19-7-3-1-4-8-19)25-23(21)20-9-5-2-6-10-20/h2,5-6,9-15,19H,1,3-4,7-8H2. The fraction of sp³-hybridized carbons (Fsp3) is 0.261. The van der Waals surface area contributed by atoms with Crippen LogP contribution in [0.25, 0.3) is 22.5 Å². The Morgan fingerprint density at radius 3 is 2.24 bits per heavy atom. The molecule has 124 valence electrons. The van der Waals surface area contributed by atoms with Crippen LogP contribution in [0.2, 0.25) is 0 Å². The van der Waals surface area contributed by atoms with Gasteiger partial charge in [-0.2, -0.15) is 5.26 Å². The largest absolute Gasteiger partial charge is 0.460 e. The number of hydrogen-bond donors (Lipinski definition) is 0. The second kappa shape index (κ2) is 6.99.